The molecule has 0 spiro atoms. The van der Waals surface area contributed by atoms with Gasteiger partial charge in [-0.05, 0) is 37.7 Å². The molecule has 2 unspecified atom stereocenters. The summed E-state index contributed by atoms with van der Waals surface area (Å²) in [5, 5.41) is 0.949. The molecule has 25 heavy (non-hydrogen) atoms. The molecule has 1 saturated heterocycles. The van der Waals surface area contributed by atoms with Crippen LogP contribution in [-0.4, -0.2) is 28.6 Å². The Hall–Kier alpha value is -1.56. The summed E-state index contributed by atoms with van der Waals surface area (Å²) in [4.78, 5) is 11.3. The SMILES string of the molecule is CC1(N)CC2CN(c3ncc(-c4cccc(Cl)c4Cl)c(N)n3)C[C@H]2C1. The third kappa shape index (κ3) is 3.05. The zero-order valence-corrected chi connectivity index (χ0v) is 15.6. The average Bonchev–Trinajstić information content (AvgIpc) is 3.04. The van der Waals surface area contributed by atoms with E-state index in [9.17, 15) is 0 Å². The van der Waals surface area contributed by atoms with Crippen molar-refractivity contribution < 1.29 is 0 Å². The smallest absolute Gasteiger partial charge is 0.227 e. The topological polar surface area (TPSA) is 81.1 Å². The van der Waals surface area contributed by atoms with E-state index in [-0.39, 0.29) is 5.54 Å². The van der Waals surface area contributed by atoms with E-state index in [1.807, 2.05) is 12.1 Å². The number of halogens is 2. The summed E-state index contributed by atoms with van der Waals surface area (Å²) in [5.74, 6) is 2.31. The maximum absolute atomic E-state index is 6.29. The number of aromatic nitrogens is 2. The molecule has 5 nitrogen and oxygen atoms in total. The van der Waals surface area contributed by atoms with E-state index in [0.29, 0.717) is 39.2 Å². The van der Waals surface area contributed by atoms with Crippen molar-refractivity contribution in [3.63, 3.8) is 0 Å². The van der Waals surface area contributed by atoms with Gasteiger partial charge in [0.25, 0.3) is 0 Å². The summed E-state index contributed by atoms with van der Waals surface area (Å²) in [7, 11) is 0. The fraction of sp³-hybridized carbons (Fsp3) is 0.444. The van der Waals surface area contributed by atoms with Gasteiger partial charge in [0.15, 0.2) is 0 Å². The summed E-state index contributed by atoms with van der Waals surface area (Å²) >= 11 is 12.4. The number of hydrogen-bond donors (Lipinski definition) is 2. The molecular weight excluding hydrogens is 357 g/mol. The van der Waals surface area contributed by atoms with Crippen molar-refractivity contribution in [1.82, 2.24) is 9.97 Å². The molecule has 0 radical (unpaired) electrons. The lowest BCUT2D eigenvalue weighted by Crippen LogP contribution is -2.35. The highest BCUT2D eigenvalue weighted by Crippen LogP contribution is 2.43. The Balaban J connectivity index is 1.58. The van der Waals surface area contributed by atoms with Crippen LogP contribution in [0.15, 0.2) is 24.4 Å². The van der Waals surface area contributed by atoms with Crippen LogP contribution < -0.4 is 16.4 Å². The van der Waals surface area contributed by atoms with Crippen LogP contribution in [0, 0.1) is 11.8 Å². The van der Waals surface area contributed by atoms with Gasteiger partial charge in [-0.3, -0.25) is 0 Å². The summed E-state index contributed by atoms with van der Waals surface area (Å²) in [6.45, 7) is 4.02. The number of nitrogens with two attached hydrogens (primary N) is 2. The number of hydrogen-bond acceptors (Lipinski definition) is 5. The number of anilines is 2. The first-order chi connectivity index (χ1) is 11.8. The molecule has 1 aromatic carbocycles. The number of fused-ring (bicyclic) bond motifs is 1. The predicted octanol–water partition coefficient (Wildman–Crippen LogP) is 3.60. The quantitative estimate of drug-likeness (QED) is 0.835. The third-order valence-corrected chi connectivity index (χ3v) is 6.18. The van der Waals surface area contributed by atoms with Gasteiger partial charge in [0.1, 0.15) is 5.82 Å². The van der Waals surface area contributed by atoms with Crippen LogP contribution in [0.3, 0.4) is 0 Å². The van der Waals surface area contributed by atoms with Gasteiger partial charge in [0.05, 0.1) is 10.0 Å². The molecule has 2 aliphatic rings. The van der Waals surface area contributed by atoms with Crippen LogP contribution in [0.25, 0.3) is 11.1 Å². The molecule has 4 N–H and O–H groups in total. The monoisotopic (exact) mass is 377 g/mol. The largest absolute Gasteiger partial charge is 0.383 e. The van der Waals surface area contributed by atoms with Crippen molar-refractivity contribution in [2.45, 2.75) is 25.3 Å². The van der Waals surface area contributed by atoms with E-state index < -0.39 is 0 Å². The van der Waals surface area contributed by atoms with Crippen LogP contribution in [0.4, 0.5) is 11.8 Å². The summed E-state index contributed by atoms with van der Waals surface area (Å²) in [6.07, 6.45) is 3.84. The first kappa shape index (κ1) is 16.9. The Morgan fingerprint density at radius 2 is 1.84 bits per heavy atom. The second-order valence-corrected chi connectivity index (χ2v) is 8.34. The zero-order chi connectivity index (χ0) is 17.8. The van der Waals surface area contributed by atoms with Crippen molar-refractivity contribution in [2.75, 3.05) is 23.7 Å². The van der Waals surface area contributed by atoms with Gasteiger partial charge < -0.3 is 16.4 Å². The van der Waals surface area contributed by atoms with Gasteiger partial charge in [-0.2, -0.15) is 4.98 Å². The normalized spacial score (nSPS) is 28.4. The van der Waals surface area contributed by atoms with Crippen LogP contribution in [0.5, 0.6) is 0 Å². The Morgan fingerprint density at radius 3 is 2.48 bits per heavy atom. The first-order valence-corrected chi connectivity index (χ1v) is 9.20. The Labute approximate surface area is 157 Å². The third-order valence-electron chi connectivity index (χ3n) is 5.36. The second kappa shape index (κ2) is 6.01. The van der Waals surface area contributed by atoms with Crippen molar-refractivity contribution >= 4 is 35.0 Å². The Bertz CT molecular complexity index is 807. The molecule has 1 aliphatic carbocycles. The molecule has 0 bridgehead atoms. The Kier molecular flexibility index (Phi) is 4.06. The Morgan fingerprint density at radius 1 is 1.16 bits per heavy atom. The van der Waals surface area contributed by atoms with Gasteiger partial charge >= 0.3 is 0 Å². The molecule has 132 valence electrons. The first-order valence-electron chi connectivity index (χ1n) is 8.45. The fourth-order valence-electron chi connectivity index (χ4n) is 4.30. The molecule has 4 rings (SSSR count). The fourth-order valence-corrected chi connectivity index (χ4v) is 4.71. The molecular formula is C18H21Cl2N5. The predicted molar refractivity (Wildman–Crippen MR) is 103 cm³/mol. The van der Waals surface area contributed by atoms with Crippen molar-refractivity contribution in [3.8, 4) is 11.1 Å². The molecule has 3 atom stereocenters. The molecule has 1 saturated carbocycles. The van der Waals surface area contributed by atoms with E-state index in [1.165, 1.54) is 0 Å². The molecule has 2 fully saturated rings. The molecule has 2 aromatic rings. The van der Waals surface area contributed by atoms with E-state index in [2.05, 4.69) is 21.8 Å². The summed E-state index contributed by atoms with van der Waals surface area (Å²) in [6, 6.07) is 5.45. The van der Waals surface area contributed by atoms with E-state index in [0.717, 1.165) is 31.5 Å². The lowest BCUT2D eigenvalue weighted by Gasteiger charge is -2.23. The number of nitrogens with zero attached hydrogens (tertiary/aromatic N) is 3. The standard InChI is InChI=1S/C18H21Cl2N5/c1-18(22)5-10-8-25(9-11(10)6-18)17-23-7-13(16(21)24-17)12-3-2-4-14(19)15(12)20/h2-4,7,10-11H,5-6,8-9,22H2,1H3,(H2,21,23,24)/t10-,11?,18?/m1/s1. The van der Waals surface area contributed by atoms with Gasteiger partial charge in [-0.15, -0.1) is 0 Å². The number of rotatable bonds is 2. The zero-order valence-electron chi connectivity index (χ0n) is 14.0. The van der Waals surface area contributed by atoms with Gasteiger partial charge in [-0.25, -0.2) is 4.98 Å². The van der Waals surface area contributed by atoms with Crippen LogP contribution >= 0.6 is 23.2 Å². The van der Waals surface area contributed by atoms with Crippen LogP contribution in [-0.2, 0) is 0 Å². The highest BCUT2D eigenvalue weighted by molar-refractivity contribution is 6.43. The molecule has 0 amide bonds. The van der Waals surface area contributed by atoms with Gasteiger partial charge in [0, 0.05) is 36.0 Å². The van der Waals surface area contributed by atoms with Crippen molar-refractivity contribution in [3.05, 3.63) is 34.4 Å². The summed E-state index contributed by atoms with van der Waals surface area (Å²) in [5.41, 5.74) is 13.9. The number of benzene rings is 1. The van der Waals surface area contributed by atoms with Crippen LogP contribution in [0.2, 0.25) is 10.0 Å². The lowest BCUT2D eigenvalue weighted by molar-refractivity contribution is 0.449. The lowest BCUT2D eigenvalue weighted by atomic mass is 10.00. The highest BCUT2D eigenvalue weighted by Gasteiger charge is 2.45. The van der Waals surface area contributed by atoms with E-state index in [4.69, 9.17) is 34.7 Å². The van der Waals surface area contributed by atoms with Crippen molar-refractivity contribution in [1.29, 1.82) is 0 Å². The summed E-state index contributed by atoms with van der Waals surface area (Å²) < 4.78 is 0. The van der Waals surface area contributed by atoms with Gasteiger partial charge in [0.2, 0.25) is 5.95 Å². The molecule has 2 heterocycles. The molecule has 1 aliphatic heterocycles. The average molecular weight is 378 g/mol. The maximum Gasteiger partial charge on any atom is 0.227 e. The van der Waals surface area contributed by atoms with Gasteiger partial charge in [-0.1, -0.05) is 35.3 Å². The minimum absolute atomic E-state index is 0.0332. The second-order valence-electron chi connectivity index (χ2n) is 7.56. The maximum atomic E-state index is 6.29. The van der Waals surface area contributed by atoms with E-state index in [1.54, 1.807) is 12.3 Å². The van der Waals surface area contributed by atoms with E-state index >= 15 is 0 Å². The van der Waals surface area contributed by atoms with Crippen molar-refractivity contribution in [2.24, 2.45) is 17.6 Å². The highest BCUT2D eigenvalue weighted by atomic mass is 35.5. The molecule has 7 heteroatoms. The molecule has 1 aromatic heterocycles. The van der Waals surface area contributed by atoms with Crippen LogP contribution in [0.1, 0.15) is 19.8 Å². The minimum atomic E-state index is -0.0332. The minimum Gasteiger partial charge on any atom is -0.383 e. The number of nitrogen functional groups attached to an aromatic ring is 1.